The van der Waals surface area contributed by atoms with Gasteiger partial charge >= 0.3 is 5.97 Å². The van der Waals surface area contributed by atoms with Crippen LogP contribution in [0.25, 0.3) is 0 Å². The number of benzene rings is 3. The largest absolute Gasteiger partial charge is 0.422 e. The summed E-state index contributed by atoms with van der Waals surface area (Å²) >= 11 is 0. The van der Waals surface area contributed by atoms with E-state index < -0.39 is 5.97 Å². The smallest absolute Gasteiger partial charge is 0.365 e. The van der Waals surface area contributed by atoms with E-state index in [1.807, 2.05) is 36.4 Å². The average Bonchev–Trinajstić information content (AvgIpc) is 3.25. The van der Waals surface area contributed by atoms with Crippen LogP contribution in [-0.2, 0) is 6.54 Å². The monoisotopic (exact) mass is 398 g/mol. The molecule has 4 rings (SSSR count). The first-order valence-electron chi connectivity index (χ1n) is 9.30. The topological polar surface area (TPSA) is 86.1 Å². The van der Waals surface area contributed by atoms with Crippen molar-refractivity contribution in [3.63, 3.8) is 0 Å². The molecule has 148 valence electrons. The van der Waals surface area contributed by atoms with Gasteiger partial charge in [0.2, 0.25) is 0 Å². The highest BCUT2D eigenvalue weighted by atomic mass is 16.5. The average molecular weight is 398 g/mol. The van der Waals surface area contributed by atoms with Crippen molar-refractivity contribution >= 4 is 17.6 Å². The molecule has 0 aliphatic carbocycles. The van der Waals surface area contributed by atoms with E-state index in [0.717, 1.165) is 5.56 Å². The van der Waals surface area contributed by atoms with E-state index in [1.165, 1.54) is 0 Å². The van der Waals surface area contributed by atoms with E-state index in [1.54, 1.807) is 59.4 Å². The molecule has 0 radical (unpaired) electrons. The highest BCUT2D eigenvalue weighted by molar-refractivity contribution is 6.04. The fourth-order valence-electron chi connectivity index (χ4n) is 2.80. The van der Waals surface area contributed by atoms with E-state index in [2.05, 4.69) is 15.6 Å². The van der Waals surface area contributed by atoms with Crippen LogP contribution in [0.15, 0.2) is 91.1 Å². The number of carbonyl (C=O) groups excluding carboxylic acids is 2. The number of nitrogens with zero attached hydrogens (tertiary/aromatic N) is 3. The van der Waals surface area contributed by atoms with Gasteiger partial charge in [0.25, 0.3) is 5.91 Å². The number of aromatic nitrogens is 3. The van der Waals surface area contributed by atoms with Gasteiger partial charge in [0, 0.05) is 11.3 Å². The lowest BCUT2D eigenvalue weighted by Gasteiger charge is -2.06. The number of amides is 1. The van der Waals surface area contributed by atoms with Crippen molar-refractivity contribution in [1.29, 1.82) is 0 Å². The second-order valence-electron chi connectivity index (χ2n) is 6.52. The molecular weight excluding hydrogens is 380 g/mol. The molecule has 0 fully saturated rings. The van der Waals surface area contributed by atoms with Crippen molar-refractivity contribution in [2.45, 2.75) is 6.54 Å². The Kier molecular flexibility index (Phi) is 5.61. The van der Waals surface area contributed by atoms with Gasteiger partial charge in [-0.25, -0.2) is 9.48 Å². The third kappa shape index (κ3) is 4.77. The van der Waals surface area contributed by atoms with Crippen LogP contribution in [-0.4, -0.2) is 26.9 Å². The van der Waals surface area contributed by atoms with Gasteiger partial charge in [0.05, 0.1) is 12.7 Å². The normalized spacial score (nSPS) is 10.4. The maximum Gasteiger partial charge on any atom is 0.365 e. The molecule has 7 nitrogen and oxygen atoms in total. The highest BCUT2D eigenvalue weighted by Gasteiger charge is 2.14. The molecule has 0 atom stereocenters. The van der Waals surface area contributed by atoms with Crippen LogP contribution >= 0.6 is 0 Å². The number of rotatable bonds is 6. The third-order valence-electron chi connectivity index (χ3n) is 4.29. The van der Waals surface area contributed by atoms with Gasteiger partial charge in [-0.2, -0.15) is 0 Å². The molecule has 0 unspecified atom stereocenters. The number of hydrogen-bond acceptors (Lipinski definition) is 5. The van der Waals surface area contributed by atoms with Gasteiger partial charge in [-0.1, -0.05) is 53.7 Å². The molecule has 0 bridgehead atoms. The minimum atomic E-state index is -0.601. The summed E-state index contributed by atoms with van der Waals surface area (Å²) in [6.07, 6.45) is 1.55. The zero-order valence-electron chi connectivity index (χ0n) is 15.9. The van der Waals surface area contributed by atoms with E-state index >= 15 is 0 Å². The fraction of sp³-hybridized carbons (Fsp3) is 0.0435. The predicted octanol–water partition coefficient (Wildman–Crippen LogP) is 3.80. The van der Waals surface area contributed by atoms with Crippen molar-refractivity contribution in [3.8, 4) is 5.75 Å². The molecule has 0 saturated carbocycles. The fourth-order valence-corrected chi connectivity index (χ4v) is 2.80. The number of ether oxygens (including phenoxy) is 1. The Morgan fingerprint density at radius 3 is 2.23 bits per heavy atom. The van der Waals surface area contributed by atoms with Gasteiger partial charge in [0.15, 0.2) is 5.69 Å². The number of hydrogen-bond donors (Lipinski definition) is 1. The van der Waals surface area contributed by atoms with Crippen molar-refractivity contribution in [2.75, 3.05) is 5.32 Å². The van der Waals surface area contributed by atoms with Crippen LogP contribution < -0.4 is 10.1 Å². The molecule has 1 N–H and O–H groups in total. The van der Waals surface area contributed by atoms with E-state index in [9.17, 15) is 9.59 Å². The summed E-state index contributed by atoms with van der Waals surface area (Å²) in [5.41, 5.74) is 2.33. The lowest BCUT2D eigenvalue weighted by atomic mass is 10.2. The summed E-state index contributed by atoms with van der Waals surface area (Å²) in [5, 5.41) is 10.6. The Balaban J connectivity index is 1.35. The minimum Gasteiger partial charge on any atom is -0.422 e. The standard InChI is InChI=1S/C23H18N4O3/c28-22(18-9-5-2-6-10-18)24-19-11-13-20(14-12-19)30-23(29)21-16-27(26-25-21)15-17-7-3-1-4-8-17/h1-14,16H,15H2,(H,24,28). The highest BCUT2D eigenvalue weighted by Crippen LogP contribution is 2.17. The second-order valence-corrected chi connectivity index (χ2v) is 6.52. The number of nitrogens with one attached hydrogen (secondary N) is 1. The molecule has 0 spiro atoms. The van der Waals surface area contributed by atoms with Gasteiger partial charge in [-0.05, 0) is 42.0 Å². The Labute approximate surface area is 172 Å². The van der Waals surface area contributed by atoms with Crippen molar-refractivity contribution in [2.24, 2.45) is 0 Å². The summed E-state index contributed by atoms with van der Waals surface area (Å²) < 4.78 is 6.92. The predicted molar refractivity (Wildman–Crippen MR) is 111 cm³/mol. The van der Waals surface area contributed by atoms with Crippen molar-refractivity contribution in [3.05, 3.63) is 108 Å². The lowest BCUT2D eigenvalue weighted by molar-refractivity contribution is 0.0728. The minimum absolute atomic E-state index is 0.118. The molecule has 4 aromatic rings. The van der Waals surface area contributed by atoms with Gasteiger partial charge in [-0.15, -0.1) is 5.10 Å². The van der Waals surface area contributed by atoms with E-state index in [0.29, 0.717) is 23.5 Å². The van der Waals surface area contributed by atoms with Crippen molar-refractivity contribution < 1.29 is 14.3 Å². The zero-order valence-corrected chi connectivity index (χ0v) is 15.9. The summed E-state index contributed by atoms with van der Waals surface area (Å²) in [7, 11) is 0. The Morgan fingerprint density at radius 2 is 1.53 bits per heavy atom. The molecule has 30 heavy (non-hydrogen) atoms. The van der Waals surface area contributed by atoms with Crippen molar-refractivity contribution in [1.82, 2.24) is 15.0 Å². The number of esters is 1. The third-order valence-corrected chi connectivity index (χ3v) is 4.29. The summed E-state index contributed by atoms with van der Waals surface area (Å²) in [4.78, 5) is 24.5. The lowest BCUT2D eigenvalue weighted by Crippen LogP contribution is -2.12. The number of anilines is 1. The Bertz CT molecular complexity index is 1140. The molecule has 1 heterocycles. The first kappa shape index (κ1) is 19.1. The zero-order chi connectivity index (χ0) is 20.8. The Hall–Kier alpha value is -4.26. The van der Waals surface area contributed by atoms with Crippen LogP contribution in [0, 0.1) is 0 Å². The van der Waals surface area contributed by atoms with Gasteiger partial charge < -0.3 is 10.1 Å². The van der Waals surface area contributed by atoms with Gasteiger partial charge in [-0.3, -0.25) is 4.79 Å². The van der Waals surface area contributed by atoms with Crippen LogP contribution in [0.2, 0.25) is 0 Å². The molecule has 0 aliphatic rings. The van der Waals surface area contributed by atoms with Gasteiger partial charge in [0.1, 0.15) is 5.75 Å². The van der Waals surface area contributed by atoms with Crippen LogP contribution in [0.3, 0.4) is 0 Å². The first-order chi connectivity index (χ1) is 14.7. The number of carbonyl (C=O) groups is 2. The summed E-state index contributed by atoms with van der Waals surface area (Å²) in [6, 6.07) is 25.2. The Morgan fingerprint density at radius 1 is 0.867 bits per heavy atom. The molecule has 1 aromatic heterocycles. The maximum atomic E-state index is 12.3. The molecule has 0 aliphatic heterocycles. The molecule has 7 heteroatoms. The summed E-state index contributed by atoms with van der Waals surface area (Å²) in [6.45, 7) is 0.511. The quantitative estimate of drug-likeness (QED) is 0.394. The van der Waals surface area contributed by atoms with Crippen LogP contribution in [0.5, 0.6) is 5.75 Å². The summed E-state index contributed by atoms with van der Waals surface area (Å²) in [5.74, 6) is -0.471. The molecule has 3 aromatic carbocycles. The van der Waals surface area contributed by atoms with E-state index in [-0.39, 0.29) is 11.6 Å². The van der Waals surface area contributed by atoms with E-state index in [4.69, 9.17) is 4.74 Å². The van der Waals surface area contributed by atoms with Crippen LogP contribution in [0.1, 0.15) is 26.4 Å². The molecule has 0 saturated heterocycles. The van der Waals surface area contributed by atoms with Crippen LogP contribution in [0.4, 0.5) is 5.69 Å². The first-order valence-corrected chi connectivity index (χ1v) is 9.30. The molecule has 1 amide bonds. The maximum absolute atomic E-state index is 12.3. The molecular formula is C23H18N4O3. The second kappa shape index (κ2) is 8.83. The SMILES string of the molecule is O=C(Nc1ccc(OC(=O)c2cn(Cc3ccccc3)nn2)cc1)c1ccccc1.